The first-order valence-electron chi connectivity index (χ1n) is 10.4. The van der Waals surface area contributed by atoms with E-state index in [4.69, 9.17) is 11.6 Å². The van der Waals surface area contributed by atoms with Gasteiger partial charge in [-0.2, -0.15) is 0 Å². The number of amides is 1. The third-order valence-electron chi connectivity index (χ3n) is 5.40. The number of benzene rings is 3. The van der Waals surface area contributed by atoms with Gasteiger partial charge >= 0.3 is 0 Å². The Hall–Kier alpha value is -4.16. The van der Waals surface area contributed by atoms with E-state index in [0.717, 1.165) is 22.3 Å². The van der Waals surface area contributed by atoms with Crippen LogP contribution < -0.4 is 10.9 Å². The molecule has 0 bridgehead atoms. The van der Waals surface area contributed by atoms with Crippen molar-refractivity contribution in [1.29, 1.82) is 0 Å². The molecule has 5 aromatic rings. The zero-order valence-electron chi connectivity index (χ0n) is 17.5. The van der Waals surface area contributed by atoms with Crippen molar-refractivity contribution in [2.45, 2.75) is 6.54 Å². The van der Waals surface area contributed by atoms with Gasteiger partial charge in [0.05, 0.1) is 23.3 Å². The van der Waals surface area contributed by atoms with Crippen LogP contribution in [0.5, 0.6) is 0 Å². The van der Waals surface area contributed by atoms with E-state index in [1.165, 1.54) is 10.6 Å². The maximum atomic E-state index is 12.8. The second kappa shape index (κ2) is 8.76. The lowest BCUT2D eigenvalue weighted by Gasteiger charge is -2.11. The van der Waals surface area contributed by atoms with Gasteiger partial charge in [-0.3, -0.25) is 14.2 Å². The van der Waals surface area contributed by atoms with Gasteiger partial charge in [0.2, 0.25) is 0 Å². The number of fused-ring (bicyclic) bond motifs is 1. The summed E-state index contributed by atoms with van der Waals surface area (Å²) >= 11 is 6.22. The summed E-state index contributed by atoms with van der Waals surface area (Å²) in [6.07, 6.45) is 3.39. The summed E-state index contributed by atoms with van der Waals surface area (Å²) < 4.78 is 3.49. The van der Waals surface area contributed by atoms with Gasteiger partial charge < -0.3 is 9.88 Å². The van der Waals surface area contributed by atoms with Gasteiger partial charge in [0.15, 0.2) is 0 Å². The maximum absolute atomic E-state index is 12.8. The van der Waals surface area contributed by atoms with Crippen LogP contribution in [0.3, 0.4) is 0 Å². The number of rotatable bonds is 5. The standard InChI is InChI=1S/C26H19ClN4O2/c27-22-6-2-1-5-19(22)15-30-16-20(11-14-25(30)32)29-26(33)18-9-12-21(13-10-18)31-17-28-23-7-3-4-8-24(23)31/h1-14,16-17H,15H2,(H,29,33). The molecule has 5 rings (SSSR count). The number of hydrogen-bond acceptors (Lipinski definition) is 3. The molecule has 6 nitrogen and oxygen atoms in total. The third-order valence-corrected chi connectivity index (χ3v) is 5.77. The summed E-state index contributed by atoms with van der Waals surface area (Å²) in [6, 6.07) is 25.5. The lowest BCUT2D eigenvalue weighted by Crippen LogP contribution is -2.21. The quantitative estimate of drug-likeness (QED) is 0.399. The molecule has 33 heavy (non-hydrogen) atoms. The number of imidazole rings is 1. The van der Waals surface area contributed by atoms with E-state index in [-0.39, 0.29) is 11.5 Å². The Labute approximate surface area is 194 Å². The lowest BCUT2D eigenvalue weighted by atomic mass is 10.2. The van der Waals surface area contributed by atoms with Crippen LogP contribution in [0.4, 0.5) is 5.69 Å². The molecule has 0 aliphatic rings. The normalized spacial score (nSPS) is 10.9. The van der Waals surface area contributed by atoms with Crippen molar-refractivity contribution in [2.24, 2.45) is 0 Å². The van der Waals surface area contributed by atoms with Gasteiger partial charge in [-0.25, -0.2) is 4.98 Å². The Bertz CT molecular complexity index is 1520. The van der Waals surface area contributed by atoms with Crippen LogP contribution in [-0.4, -0.2) is 20.0 Å². The van der Waals surface area contributed by atoms with Gasteiger partial charge in [-0.15, -0.1) is 0 Å². The zero-order valence-corrected chi connectivity index (χ0v) is 18.2. The molecule has 1 amide bonds. The molecule has 0 aliphatic carbocycles. The van der Waals surface area contributed by atoms with E-state index >= 15 is 0 Å². The van der Waals surface area contributed by atoms with Crippen molar-refractivity contribution in [3.63, 3.8) is 0 Å². The van der Waals surface area contributed by atoms with Gasteiger partial charge in [0, 0.05) is 28.5 Å². The van der Waals surface area contributed by atoms with Crippen LogP contribution in [-0.2, 0) is 6.54 Å². The number of halogens is 1. The van der Waals surface area contributed by atoms with Crippen LogP contribution in [0.1, 0.15) is 15.9 Å². The largest absolute Gasteiger partial charge is 0.321 e. The lowest BCUT2D eigenvalue weighted by molar-refractivity contribution is 0.102. The number of pyridine rings is 1. The molecule has 0 atom stereocenters. The highest BCUT2D eigenvalue weighted by molar-refractivity contribution is 6.31. The number of nitrogens with zero attached hydrogens (tertiary/aromatic N) is 3. The number of nitrogens with one attached hydrogen (secondary N) is 1. The first kappa shape index (κ1) is 20.7. The third kappa shape index (κ3) is 4.29. The van der Waals surface area contributed by atoms with E-state index in [0.29, 0.717) is 22.8 Å². The minimum Gasteiger partial charge on any atom is -0.321 e. The molecule has 0 aliphatic heterocycles. The Morgan fingerprint density at radius 1 is 0.909 bits per heavy atom. The SMILES string of the molecule is O=C(Nc1ccc(=O)n(Cc2ccccc2Cl)c1)c1ccc(-n2cnc3ccccc32)cc1. The predicted molar refractivity (Wildman–Crippen MR) is 130 cm³/mol. The number of hydrogen-bond donors (Lipinski definition) is 1. The Morgan fingerprint density at radius 2 is 1.67 bits per heavy atom. The molecule has 0 spiro atoms. The summed E-state index contributed by atoms with van der Waals surface area (Å²) in [5, 5.41) is 3.45. The Kier molecular flexibility index (Phi) is 5.50. The maximum Gasteiger partial charge on any atom is 0.255 e. The molecule has 162 valence electrons. The Morgan fingerprint density at radius 3 is 2.48 bits per heavy atom. The van der Waals surface area contributed by atoms with E-state index < -0.39 is 0 Å². The first-order chi connectivity index (χ1) is 16.1. The molecule has 0 fully saturated rings. The molecule has 0 radical (unpaired) electrons. The molecule has 0 saturated heterocycles. The second-order valence-electron chi connectivity index (χ2n) is 7.58. The summed E-state index contributed by atoms with van der Waals surface area (Å²) in [5.74, 6) is -0.264. The molecule has 0 unspecified atom stereocenters. The topological polar surface area (TPSA) is 68.9 Å². The molecule has 0 saturated carbocycles. The monoisotopic (exact) mass is 454 g/mol. The minimum absolute atomic E-state index is 0.176. The molecular formula is C26H19ClN4O2. The highest BCUT2D eigenvalue weighted by Crippen LogP contribution is 2.19. The van der Waals surface area contributed by atoms with Gasteiger partial charge in [0.25, 0.3) is 11.5 Å². The summed E-state index contributed by atoms with van der Waals surface area (Å²) in [5.41, 5.74) is 4.50. The highest BCUT2D eigenvalue weighted by atomic mass is 35.5. The number of aromatic nitrogens is 3. The second-order valence-corrected chi connectivity index (χ2v) is 7.99. The minimum atomic E-state index is -0.264. The molecule has 7 heteroatoms. The van der Waals surface area contributed by atoms with Crippen LogP contribution in [0.25, 0.3) is 16.7 Å². The van der Waals surface area contributed by atoms with Gasteiger partial charge in [-0.05, 0) is 54.1 Å². The summed E-state index contributed by atoms with van der Waals surface area (Å²) in [4.78, 5) is 29.5. The first-order valence-corrected chi connectivity index (χ1v) is 10.7. The zero-order chi connectivity index (χ0) is 22.8. The van der Waals surface area contributed by atoms with Crippen molar-refractivity contribution in [3.05, 3.63) is 124 Å². The fraction of sp³-hybridized carbons (Fsp3) is 0.0385. The number of para-hydroxylation sites is 2. The van der Waals surface area contributed by atoms with Crippen LogP contribution in [0, 0.1) is 0 Å². The van der Waals surface area contributed by atoms with Crippen LogP contribution in [0.2, 0.25) is 5.02 Å². The van der Waals surface area contributed by atoms with E-state index in [1.54, 1.807) is 36.8 Å². The van der Waals surface area contributed by atoms with Gasteiger partial charge in [-0.1, -0.05) is 41.9 Å². The van der Waals surface area contributed by atoms with Crippen molar-refractivity contribution in [1.82, 2.24) is 14.1 Å². The smallest absolute Gasteiger partial charge is 0.255 e. The average molecular weight is 455 g/mol. The average Bonchev–Trinajstić information content (AvgIpc) is 3.27. The summed E-state index contributed by atoms with van der Waals surface area (Å²) in [6.45, 7) is 0.315. The fourth-order valence-corrected chi connectivity index (χ4v) is 3.88. The van der Waals surface area contributed by atoms with Gasteiger partial charge in [0.1, 0.15) is 6.33 Å². The van der Waals surface area contributed by atoms with Crippen LogP contribution >= 0.6 is 11.6 Å². The van der Waals surface area contributed by atoms with E-state index in [1.807, 2.05) is 59.2 Å². The van der Waals surface area contributed by atoms with Crippen molar-refractivity contribution in [3.8, 4) is 5.69 Å². The van der Waals surface area contributed by atoms with Crippen molar-refractivity contribution < 1.29 is 4.79 Å². The number of anilines is 1. The predicted octanol–water partition coefficient (Wildman–Crippen LogP) is 5.14. The Balaban J connectivity index is 1.34. The van der Waals surface area contributed by atoms with Crippen molar-refractivity contribution >= 4 is 34.2 Å². The van der Waals surface area contributed by atoms with Crippen LogP contribution in [0.15, 0.2) is 102 Å². The highest BCUT2D eigenvalue weighted by Gasteiger charge is 2.10. The molecule has 3 aromatic carbocycles. The summed E-state index contributed by atoms with van der Waals surface area (Å²) in [7, 11) is 0. The van der Waals surface area contributed by atoms with E-state index in [9.17, 15) is 9.59 Å². The number of carbonyl (C=O) groups excluding carboxylic acids is 1. The van der Waals surface area contributed by atoms with Crippen molar-refractivity contribution in [2.75, 3.05) is 5.32 Å². The molecule has 1 N–H and O–H groups in total. The fourth-order valence-electron chi connectivity index (χ4n) is 3.68. The molecule has 2 heterocycles. The van der Waals surface area contributed by atoms with E-state index in [2.05, 4.69) is 10.3 Å². The molecular weight excluding hydrogens is 436 g/mol. The number of carbonyl (C=O) groups is 1. The molecule has 2 aromatic heterocycles.